The normalized spacial score (nSPS) is 12.9. The monoisotopic (exact) mass is 784 g/mol. The van der Waals surface area contributed by atoms with Gasteiger partial charge in [-0.05, 0) is 144 Å². The van der Waals surface area contributed by atoms with Crippen molar-refractivity contribution >= 4 is 77.7 Å². The molecule has 10 rings (SSSR count). The van der Waals surface area contributed by atoms with Gasteiger partial charge < -0.3 is 9.71 Å². The van der Waals surface area contributed by atoms with E-state index in [1.54, 1.807) is 0 Å². The molecule has 7 aromatic carbocycles. The van der Waals surface area contributed by atoms with Crippen LogP contribution in [0, 0.1) is 6.92 Å². The number of hydrogen-bond donors (Lipinski definition) is 0. The summed E-state index contributed by atoms with van der Waals surface area (Å²) in [5.74, 6) is 0. The molecule has 2 aliphatic heterocycles. The SMILES string of the molecule is CCCCc1ccc(N2B3c4cc5c(cc4N(c4ccc(CCCC)cc4-c4ccccc4)c4cc(C)cc(c43)-c3cc(CCCC)ccc32)sc2ccccc25)cc1. The molecule has 292 valence electrons. The van der Waals surface area contributed by atoms with E-state index in [9.17, 15) is 0 Å². The third-order valence-electron chi connectivity index (χ3n) is 12.8. The average molecular weight is 785 g/mol. The first-order valence-corrected chi connectivity index (χ1v) is 23.0. The highest BCUT2D eigenvalue weighted by Gasteiger charge is 2.45. The third-order valence-corrected chi connectivity index (χ3v) is 13.9. The summed E-state index contributed by atoms with van der Waals surface area (Å²) >= 11 is 1.92. The Hall–Kier alpha value is -5.58. The van der Waals surface area contributed by atoms with Crippen molar-refractivity contribution in [3.05, 3.63) is 162 Å². The van der Waals surface area contributed by atoms with Crippen LogP contribution >= 0.6 is 11.3 Å². The number of unbranched alkanes of at least 4 members (excludes halogenated alkanes) is 3. The van der Waals surface area contributed by atoms with Crippen LogP contribution in [0.1, 0.15) is 81.5 Å². The fourth-order valence-electron chi connectivity index (χ4n) is 9.82. The first-order valence-electron chi connectivity index (χ1n) is 22.1. The number of anilines is 5. The fourth-order valence-corrected chi connectivity index (χ4v) is 10.9. The number of rotatable bonds is 12. The van der Waals surface area contributed by atoms with Gasteiger partial charge in [-0.2, -0.15) is 0 Å². The highest BCUT2D eigenvalue weighted by molar-refractivity contribution is 7.26. The molecule has 0 spiro atoms. The topological polar surface area (TPSA) is 6.48 Å². The van der Waals surface area contributed by atoms with Gasteiger partial charge in [0.2, 0.25) is 0 Å². The van der Waals surface area contributed by atoms with Crippen molar-refractivity contribution in [2.24, 2.45) is 0 Å². The summed E-state index contributed by atoms with van der Waals surface area (Å²) < 4.78 is 2.67. The van der Waals surface area contributed by atoms with Crippen molar-refractivity contribution in [1.82, 2.24) is 0 Å². The van der Waals surface area contributed by atoms with Gasteiger partial charge >= 0.3 is 6.85 Å². The van der Waals surface area contributed by atoms with Crippen LogP contribution in [0.15, 0.2) is 140 Å². The van der Waals surface area contributed by atoms with Gasteiger partial charge in [-0.3, -0.25) is 0 Å². The molecule has 0 fully saturated rings. The van der Waals surface area contributed by atoms with Crippen LogP contribution in [0.25, 0.3) is 42.4 Å². The number of nitrogens with zero attached hydrogens (tertiary/aromatic N) is 2. The van der Waals surface area contributed by atoms with Crippen LogP contribution < -0.4 is 20.6 Å². The molecule has 3 heterocycles. The lowest BCUT2D eigenvalue weighted by Gasteiger charge is -2.46. The molecule has 0 saturated heterocycles. The van der Waals surface area contributed by atoms with E-state index < -0.39 is 0 Å². The Balaban J connectivity index is 1.29. The van der Waals surface area contributed by atoms with Gasteiger partial charge in [-0.15, -0.1) is 11.3 Å². The molecule has 2 nitrogen and oxygen atoms in total. The quantitative estimate of drug-likeness (QED) is 0.114. The molecule has 0 atom stereocenters. The second kappa shape index (κ2) is 15.9. The first-order chi connectivity index (χ1) is 29.0. The Morgan fingerprint density at radius 3 is 1.86 bits per heavy atom. The van der Waals surface area contributed by atoms with E-state index in [1.807, 2.05) is 11.3 Å². The number of benzene rings is 7. The molecule has 0 radical (unpaired) electrons. The van der Waals surface area contributed by atoms with E-state index in [2.05, 4.69) is 177 Å². The number of fused-ring (bicyclic) bond motifs is 7. The van der Waals surface area contributed by atoms with Crippen molar-refractivity contribution in [1.29, 1.82) is 0 Å². The summed E-state index contributed by atoms with van der Waals surface area (Å²) in [6.07, 6.45) is 10.5. The highest BCUT2D eigenvalue weighted by Crippen LogP contribution is 2.50. The zero-order chi connectivity index (χ0) is 40.0. The van der Waals surface area contributed by atoms with Gasteiger partial charge in [-0.25, -0.2) is 0 Å². The van der Waals surface area contributed by atoms with E-state index in [0.29, 0.717) is 0 Å². The summed E-state index contributed by atoms with van der Waals surface area (Å²) in [7, 11) is 0. The lowest BCUT2D eigenvalue weighted by atomic mass is 9.43. The summed E-state index contributed by atoms with van der Waals surface area (Å²) in [5.41, 5.74) is 19.8. The van der Waals surface area contributed by atoms with Crippen LogP contribution in [-0.4, -0.2) is 6.85 Å². The molecular weight excluding hydrogens is 731 g/mol. The predicted molar refractivity (Wildman–Crippen MR) is 259 cm³/mol. The van der Waals surface area contributed by atoms with E-state index >= 15 is 0 Å². The van der Waals surface area contributed by atoms with Gasteiger partial charge in [0, 0.05) is 54.0 Å². The standard InChI is InChI=1S/C55H53BN2S/c1-5-8-16-38-23-27-42(28-24-38)58-50-30-26-40(18-10-7-3)34-45(50)47-31-37(4)32-52-55(47)56(58)48-35-46-43-21-14-15-22-53(43)59-54(46)36-51(48)57(52)49-29-25-39(17-9-6-2)33-44(49)41-19-12-11-13-20-41/h11-15,19-36H,5-10,16-18H2,1-4H3. The van der Waals surface area contributed by atoms with E-state index in [-0.39, 0.29) is 6.85 Å². The second-order valence-electron chi connectivity index (χ2n) is 16.9. The lowest BCUT2D eigenvalue weighted by Crippen LogP contribution is -2.61. The van der Waals surface area contributed by atoms with E-state index in [0.717, 1.165) is 19.3 Å². The smallest absolute Gasteiger partial charge is 0.333 e. The maximum atomic E-state index is 2.69. The van der Waals surface area contributed by atoms with Crippen molar-refractivity contribution in [2.75, 3.05) is 9.71 Å². The van der Waals surface area contributed by atoms with Crippen molar-refractivity contribution < 1.29 is 0 Å². The first kappa shape index (κ1) is 37.7. The Morgan fingerprint density at radius 2 is 1.14 bits per heavy atom. The van der Waals surface area contributed by atoms with Gasteiger partial charge in [0.25, 0.3) is 0 Å². The van der Waals surface area contributed by atoms with Gasteiger partial charge in [-0.1, -0.05) is 125 Å². The zero-order valence-electron chi connectivity index (χ0n) is 35.0. The molecule has 4 heteroatoms. The Bertz CT molecular complexity index is 2820. The molecule has 0 N–H and O–H groups in total. The molecule has 0 saturated carbocycles. The van der Waals surface area contributed by atoms with Crippen LogP contribution in [-0.2, 0) is 19.3 Å². The maximum absolute atomic E-state index is 2.69. The lowest BCUT2D eigenvalue weighted by molar-refractivity contribution is 0.795. The minimum Gasteiger partial charge on any atom is -0.376 e. The molecule has 2 aliphatic rings. The molecule has 0 bridgehead atoms. The molecular formula is C55H53BN2S. The summed E-state index contributed by atoms with van der Waals surface area (Å²) in [6.45, 7) is 9.15. The van der Waals surface area contributed by atoms with Crippen LogP contribution in [0.5, 0.6) is 0 Å². The second-order valence-corrected chi connectivity index (χ2v) is 18.0. The number of aryl methyl sites for hydroxylation is 4. The summed E-state index contributed by atoms with van der Waals surface area (Å²) in [5, 5.41) is 2.68. The largest absolute Gasteiger partial charge is 0.376 e. The maximum Gasteiger partial charge on any atom is 0.333 e. The summed E-state index contributed by atoms with van der Waals surface area (Å²) in [6, 6.07) is 54.3. The minimum atomic E-state index is -0.0191. The number of thiophene rings is 1. The molecule has 0 amide bonds. The van der Waals surface area contributed by atoms with Gasteiger partial charge in [0.15, 0.2) is 0 Å². The van der Waals surface area contributed by atoms with Crippen molar-refractivity contribution in [2.45, 2.75) is 85.5 Å². The van der Waals surface area contributed by atoms with Crippen LogP contribution in [0.4, 0.5) is 28.4 Å². The molecule has 0 unspecified atom stereocenters. The predicted octanol–water partition coefficient (Wildman–Crippen LogP) is 14.8. The third kappa shape index (κ3) is 6.66. The molecule has 0 aliphatic carbocycles. The zero-order valence-corrected chi connectivity index (χ0v) is 35.8. The van der Waals surface area contributed by atoms with Crippen LogP contribution in [0.2, 0.25) is 0 Å². The van der Waals surface area contributed by atoms with Crippen molar-refractivity contribution in [3.8, 4) is 22.3 Å². The van der Waals surface area contributed by atoms with Crippen LogP contribution in [0.3, 0.4) is 0 Å². The Kier molecular flexibility index (Phi) is 10.1. The number of hydrogen-bond acceptors (Lipinski definition) is 3. The Morgan fingerprint density at radius 1 is 0.492 bits per heavy atom. The molecule has 59 heavy (non-hydrogen) atoms. The molecule has 8 aromatic rings. The summed E-state index contributed by atoms with van der Waals surface area (Å²) in [4.78, 5) is 5.33. The fraction of sp³-hybridized carbons (Fsp3) is 0.236. The van der Waals surface area contributed by atoms with E-state index in [1.165, 1.54) is 143 Å². The Labute approximate surface area is 355 Å². The highest BCUT2D eigenvalue weighted by atomic mass is 32.1. The van der Waals surface area contributed by atoms with Gasteiger partial charge in [0.05, 0.1) is 5.69 Å². The average Bonchev–Trinajstić information content (AvgIpc) is 3.64. The molecule has 1 aromatic heterocycles. The minimum absolute atomic E-state index is 0.0191. The van der Waals surface area contributed by atoms with Crippen molar-refractivity contribution in [3.63, 3.8) is 0 Å². The van der Waals surface area contributed by atoms with Gasteiger partial charge in [0.1, 0.15) is 0 Å². The van der Waals surface area contributed by atoms with E-state index in [4.69, 9.17) is 0 Å².